The zero-order chi connectivity index (χ0) is 23.4. The second-order valence-corrected chi connectivity index (χ2v) is 7.71. The molecule has 172 valence electrons. The van der Waals surface area contributed by atoms with E-state index < -0.39 is 11.9 Å². The van der Waals surface area contributed by atoms with Gasteiger partial charge in [-0.3, -0.25) is 0 Å². The van der Waals surface area contributed by atoms with Crippen LogP contribution in [0.3, 0.4) is 0 Å². The smallest absolute Gasteiger partial charge is 0.433 e. The first-order valence-electron chi connectivity index (χ1n) is 10.2. The molecular formula is C23H21F3N4O3. The summed E-state index contributed by atoms with van der Waals surface area (Å²) in [6, 6.07) is 9.18. The number of piperidine rings is 1. The van der Waals surface area contributed by atoms with Crippen molar-refractivity contribution in [1.82, 2.24) is 15.0 Å². The summed E-state index contributed by atoms with van der Waals surface area (Å²) >= 11 is 0. The standard InChI is InChI=1S/C23H21F3N4O3/c1-15-13-30(22(31)29-18-11-28-32-14-18)8-7-17(15)9-16-3-2-4-19(10-16)33-20-5-6-21(27-12-20)23(24,25)26/h2-6,9-12,14-15H,7-8,13H2,1H3,(H,29,31)/b17-9+. The third-order valence-corrected chi connectivity index (χ3v) is 5.24. The van der Waals surface area contributed by atoms with Gasteiger partial charge in [-0.05, 0) is 42.2 Å². The number of ether oxygens (including phenoxy) is 1. The average molecular weight is 458 g/mol. The maximum absolute atomic E-state index is 12.7. The summed E-state index contributed by atoms with van der Waals surface area (Å²) in [4.78, 5) is 17.6. The van der Waals surface area contributed by atoms with Crippen LogP contribution in [0.4, 0.5) is 23.7 Å². The quantitative estimate of drug-likeness (QED) is 0.531. The minimum atomic E-state index is -4.49. The molecule has 0 bridgehead atoms. The van der Waals surface area contributed by atoms with E-state index in [1.54, 1.807) is 11.0 Å². The molecule has 1 saturated heterocycles. The number of pyridine rings is 1. The predicted molar refractivity (Wildman–Crippen MR) is 115 cm³/mol. The van der Waals surface area contributed by atoms with Crippen LogP contribution in [0.1, 0.15) is 24.6 Å². The van der Waals surface area contributed by atoms with E-state index in [4.69, 9.17) is 9.26 Å². The van der Waals surface area contributed by atoms with Crippen LogP contribution in [-0.4, -0.2) is 34.2 Å². The SMILES string of the molecule is CC1CN(C(=O)Nc2cnoc2)CC/C1=C\c1cccc(Oc2ccc(C(F)(F)F)nc2)c1. The number of likely N-dealkylation sites (tertiary alicyclic amines) is 1. The summed E-state index contributed by atoms with van der Waals surface area (Å²) < 4.78 is 48.4. The number of amides is 2. The predicted octanol–water partition coefficient (Wildman–Crippen LogP) is 5.84. The van der Waals surface area contributed by atoms with Gasteiger partial charge >= 0.3 is 12.2 Å². The molecule has 0 radical (unpaired) electrons. The number of nitrogens with one attached hydrogen (secondary N) is 1. The van der Waals surface area contributed by atoms with Gasteiger partial charge in [0.05, 0.1) is 12.4 Å². The second kappa shape index (κ2) is 9.35. The molecule has 1 unspecified atom stereocenters. The summed E-state index contributed by atoms with van der Waals surface area (Å²) in [6.07, 6.45) is 2.13. The van der Waals surface area contributed by atoms with E-state index in [0.717, 1.165) is 17.8 Å². The van der Waals surface area contributed by atoms with E-state index in [2.05, 4.69) is 28.5 Å². The Hall–Kier alpha value is -3.82. The Balaban J connectivity index is 1.39. The van der Waals surface area contributed by atoms with Gasteiger partial charge in [0.2, 0.25) is 0 Å². The summed E-state index contributed by atoms with van der Waals surface area (Å²) in [7, 11) is 0. The van der Waals surface area contributed by atoms with Crippen molar-refractivity contribution in [2.24, 2.45) is 5.92 Å². The molecule has 1 aliphatic rings. The van der Waals surface area contributed by atoms with Gasteiger partial charge in [0.15, 0.2) is 0 Å². The first-order valence-corrected chi connectivity index (χ1v) is 10.2. The lowest BCUT2D eigenvalue weighted by Gasteiger charge is -2.33. The molecule has 4 rings (SSSR count). The Kier molecular flexibility index (Phi) is 6.34. The number of hydrogen-bond acceptors (Lipinski definition) is 5. The molecule has 7 nitrogen and oxygen atoms in total. The number of aromatic nitrogens is 2. The zero-order valence-corrected chi connectivity index (χ0v) is 17.7. The number of carbonyl (C=O) groups excluding carboxylic acids is 1. The van der Waals surface area contributed by atoms with E-state index in [1.165, 1.54) is 24.1 Å². The Morgan fingerprint density at radius 1 is 1.24 bits per heavy atom. The first kappa shape index (κ1) is 22.4. The number of urea groups is 1. The van der Waals surface area contributed by atoms with Crippen LogP contribution in [0.15, 0.2) is 65.2 Å². The molecule has 10 heteroatoms. The molecule has 3 aromatic rings. The zero-order valence-electron chi connectivity index (χ0n) is 17.7. The van der Waals surface area contributed by atoms with Crippen LogP contribution in [-0.2, 0) is 6.18 Å². The molecule has 1 atom stereocenters. The van der Waals surface area contributed by atoms with Gasteiger partial charge < -0.3 is 19.5 Å². The number of hydrogen-bond donors (Lipinski definition) is 1. The minimum absolute atomic E-state index is 0.149. The highest BCUT2D eigenvalue weighted by atomic mass is 19.4. The molecule has 1 aromatic carbocycles. The van der Waals surface area contributed by atoms with Gasteiger partial charge in [0.1, 0.15) is 29.1 Å². The highest BCUT2D eigenvalue weighted by Crippen LogP contribution is 2.30. The van der Waals surface area contributed by atoms with Gasteiger partial charge in [-0.1, -0.05) is 35.9 Å². The van der Waals surface area contributed by atoms with Crippen LogP contribution < -0.4 is 10.1 Å². The van der Waals surface area contributed by atoms with Crippen LogP contribution in [0.2, 0.25) is 0 Å². The molecule has 3 heterocycles. The van der Waals surface area contributed by atoms with Crippen LogP contribution in [0.25, 0.3) is 6.08 Å². The molecule has 1 fully saturated rings. The third kappa shape index (κ3) is 5.71. The highest BCUT2D eigenvalue weighted by Gasteiger charge is 2.32. The van der Waals surface area contributed by atoms with E-state index in [0.29, 0.717) is 30.9 Å². The van der Waals surface area contributed by atoms with Crippen molar-refractivity contribution in [3.63, 3.8) is 0 Å². The molecule has 1 aliphatic heterocycles. The van der Waals surface area contributed by atoms with Crippen LogP contribution >= 0.6 is 0 Å². The maximum Gasteiger partial charge on any atom is 0.433 e. The van der Waals surface area contributed by atoms with Gasteiger partial charge in [-0.2, -0.15) is 13.2 Å². The van der Waals surface area contributed by atoms with Crippen molar-refractivity contribution in [1.29, 1.82) is 0 Å². The summed E-state index contributed by atoms with van der Waals surface area (Å²) in [5, 5.41) is 6.31. The Labute approximate surface area is 187 Å². The number of nitrogens with zero attached hydrogens (tertiary/aromatic N) is 3. The number of halogens is 3. The van der Waals surface area contributed by atoms with E-state index in [-0.39, 0.29) is 17.7 Å². The fourth-order valence-corrected chi connectivity index (χ4v) is 3.54. The van der Waals surface area contributed by atoms with Gasteiger partial charge in [-0.15, -0.1) is 0 Å². The normalized spacial score (nSPS) is 17.8. The summed E-state index contributed by atoms with van der Waals surface area (Å²) in [6.45, 7) is 3.19. The molecule has 0 saturated carbocycles. The average Bonchev–Trinajstić information content (AvgIpc) is 3.28. The van der Waals surface area contributed by atoms with Crippen LogP contribution in [0, 0.1) is 5.92 Å². The summed E-state index contributed by atoms with van der Waals surface area (Å²) in [5.74, 6) is 0.855. The number of alkyl halides is 3. The monoisotopic (exact) mass is 458 g/mol. The van der Waals surface area contributed by atoms with Gasteiger partial charge in [-0.25, -0.2) is 9.78 Å². The molecule has 0 spiro atoms. The summed E-state index contributed by atoms with van der Waals surface area (Å²) in [5.41, 5.74) is 1.63. The number of rotatable bonds is 4. The molecule has 2 amide bonds. The molecule has 33 heavy (non-hydrogen) atoms. The third-order valence-electron chi connectivity index (χ3n) is 5.24. The topological polar surface area (TPSA) is 80.5 Å². The highest BCUT2D eigenvalue weighted by molar-refractivity contribution is 5.89. The number of benzene rings is 1. The molecule has 1 N–H and O–H groups in total. The van der Waals surface area contributed by atoms with E-state index >= 15 is 0 Å². The van der Waals surface area contributed by atoms with Gasteiger partial charge in [0.25, 0.3) is 0 Å². The Bertz CT molecular complexity index is 1130. The maximum atomic E-state index is 12.7. The lowest BCUT2D eigenvalue weighted by molar-refractivity contribution is -0.141. The minimum Gasteiger partial charge on any atom is -0.456 e. The van der Waals surface area contributed by atoms with E-state index in [9.17, 15) is 18.0 Å². The van der Waals surface area contributed by atoms with Crippen molar-refractivity contribution in [3.05, 3.63) is 71.9 Å². The van der Waals surface area contributed by atoms with Gasteiger partial charge in [0, 0.05) is 13.1 Å². The largest absolute Gasteiger partial charge is 0.456 e. The molecule has 2 aromatic heterocycles. The van der Waals surface area contributed by atoms with Crippen molar-refractivity contribution in [2.45, 2.75) is 19.5 Å². The molecule has 0 aliphatic carbocycles. The molecular weight excluding hydrogens is 437 g/mol. The number of carbonyl (C=O) groups is 1. The second-order valence-electron chi connectivity index (χ2n) is 7.71. The fraction of sp³-hybridized carbons (Fsp3) is 0.261. The van der Waals surface area contributed by atoms with Crippen molar-refractivity contribution in [2.75, 3.05) is 18.4 Å². The van der Waals surface area contributed by atoms with Crippen molar-refractivity contribution in [3.8, 4) is 11.5 Å². The Morgan fingerprint density at radius 2 is 2.09 bits per heavy atom. The lowest BCUT2D eigenvalue weighted by atomic mass is 9.91. The van der Waals surface area contributed by atoms with Crippen molar-refractivity contribution >= 4 is 17.8 Å². The Morgan fingerprint density at radius 3 is 2.76 bits per heavy atom. The fourth-order valence-electron chi connectivity index (χ4n) is 3.54. The first-order chi connectivity index (χ1) is 15.8. The van der Waals surface area contributed by atoms with E-state index in [1.807, 2.05) is 18.2 Å². The van der Waals surface area contributed by atoms with Crippen LogP contribution in [0.5, 0.6) is 11.5 Å². The number of anilines is 1. The van der Waals surface area contributed by atoms with Crippen molar-refractivity contribution < 1.29 is 27.2 Å². The lowest BCUT2D eigenvalue weighted by Crippen LogP contribution is -2.42.